The van der Waals surface area contributed by atoms with Gasteiger partial charge in [0.1, 0.15) is 12.6 Å². The van der Waals surface area contributed by atoms with Gasteiger partial charge in [0.05, 0.1) is 5.39 Å². The van der Waals surface area contributed by atoms with Crippen LogP contribution in [0.1, 0.15) is 36.2 Å². The van der Waals surface area contributed by atoms with Crippen molar-refractivity contribution >= 4 is 34.4 Å². The van der Waals surface area contributed by atoms with Crippen molar-refractivity contribution in [1.82, 2.24) is 19.7 Å². The van der Waals surface area contributed by atoms with Crippen LogP contribution in [0.5, 0.6) is 0 Å². The molecule has 3 aromatic rings. The maximum atomic E-state index is 13.7. The van der Waals surface area contributed by atoms with Gasteiger partial charge >= 0.3 is 0 Å². The SMILES string of the molecule is NC(=O)c1nn(CC(=O)N2[C@@H]3C[C@@H]3C[C@H]2C(=O)N(c2ccccc2)C2CC2)c2ncccc12. The van der Waals surface area contributed by atoms with Gasteiger partial charge in [0.2, 0.25) is 11.8 Å². The number of piperidine rings is 1. The topological polar surface area (TPSA) is 114 Å². The van der Waals surface area contributed by atoms with E-state index in [4.69, 9.17) is 5.73 Å². The molecule has 2 aliphatic carbocycles. The van der Waals surface area contributed by atoms with Crippen molar-refractivity contribution in [3.63, 3.8) is 0 Å². The molecule has 3 atom stereocenters. The number of amides is 3. The fraction of sp³-hybridized carbons (Fsp3) is 0.375. The average Bonchev–Trinajstić information content (AvgIpc) is 3.73. The van der Waals surface area contributed by atoms with E-state index in [0.717, 1.165) is 24.9 Å². The molecule has 2 saturated carbocycles. The highest BCUT2D eigenvalue weighted by Crippen LogP contribution is 2.49. The predicted octanol–water partition coefficient (Wildman–Crippen LogP) is 1.72. The standard InChI is InChI=1S/C24H24N6O3/c25-22(32)21-17-7-4-10-26-23(17)28(27-21)13-20(31)30-18-11-14(18)12-19(30)24(33)29(16-8-9-16)15-5-2-1-3-6-15/h1-7,10,14,16,18-19H,8-9,11-13H2,(H2,25,32)/t14-,18-,19+/m1/s1. The van der Waals surface area contributed by atoms with Crippen molar-refractivity contribution < 1.29 is 14.4 Å². The Morgan fingerprint density at radius 1 is 1.06 bits per heavy atom. The minimum Gasteiger partial charge on any atom is -0.364 e. The smallest absolute Gasteiger partial charge is 0.269 e. The molecule has 1 aliphatic heterocycles. The molecular weight excluding hydrogens is 420 g/mol. The van der Waals surface area contributed by atoms with E-state index >= 15 is 0 Å². The second kappa shape index (κ2) is 7.40. The summed E-state index contributed by atoms with van der Waals surface area (Å²) < 4.78 is 1.42. The van der Waals surface area contributed by atoms with Crippen molar-refractivity contribution in [2.75, 3.05) is 4.90 Å². The maximum Gasteiger partial charge on any atom is 0.269 e. The van der Waals surface area contributed by atoms with E-state index in [1.54, 1.807) is 23.2 Å². The van der Waals surface area contributed by atoms with Crippen LogP contribution in [0.4, 0.5) is 5.69 Å². The molecule has 3 heterocycles. The van der Waals surface area contributed by atoms with Crippen LogP contribution in [0.2, 0.25) is 0 Å². The Kier molecular flexibility index (Phi) is 4.46. The average molecular weight is 444 g/mol. The Hall–Kier alpha value is -3.75. The molecule has 9 heteroatoms. The number of carbonyl (C=O) groups excluding carboxylic acids is 3. The zero-order chi connectivity index (χ0) is 22.7. The first-order valence-electron chi connectivity index (χ1n) is 11.3. The van der Waals surface area contributed by atoms with Crippen molar-refractivity contribution in [1.29, 1.82) is 0 Å². The lowest BCUT2D eigenvalue weighted by Gasteiger charge is -2.32. The van der Waals surface area contributed by atoms with Crippen LogP contribution >= 0.6 is 0 Å². The minimum absolute atomic E-state index is 0.00877. The fourth-order valence-electron chi connectivity index (χ4n) is 5.15. The molecule has 33 heavy (non-hydrogen) atoms. The van der Waals surface area contributed by atoms with Gasteiger partial charge in [-0.1, -0.05) is 18.2 Å². The molecule has 0 unspecified atom stereocenters. The largest absolute Gasteiger partial charge is 0.364 e. The van der Waals surface area contributed by atoms with Gasteiger partial charge in [-0.05, 0) is 55.9 Å². The summed E-state index contributed by atoms with van der Waals surface area (Å²) >= 11 is 0. The number of benzene rings is 1. The highest BCUT2D eigenvalue weighted by molar-refractivity contribution is 6.03. The Bertz CT molecular complexity index is 1270. The number of nitrogens with two attached hydrogens (primary N) is 1. The molecule has 3 aliphatic rings. The van der Waals surface area contributed by atoms with Crippen LogP contribution in [0, 0.1) is 5.92 Å². The number of anilines is 1. The van der Waals surface area contributed by atoms with Crippen LogP contribution in [-0.4, -0.2) is 55.5 Å². The molecule has 0 spiro atoms. The molecule has 1 aromatic carbocycles. The van der Waals surface area contributed by atoms with Crippen molar-refractivity contribution in [2.45, 2.75) is 50.4 Å². The van der Waals surface area contributed by atoms with E-state index in [9.17, 15) is 14.4 Å². The third kappa shape index (κ3) is 3.35. The highest BCUT2D eigenvalue weighted by atomic mass is 16.2. The van der Waals surface area contributed by atoms with E-state index in [1.165, 1.54) is 4.68 Å². The van der Waals surface area contributed by atoms with Crippen molar-refractivity contribution in [3.8, 4) is 0 Å². The van der Waals surface area contributed by atoms with E-state index in [0.29, 0.717) is 23.4 Å². The Labute approximate surface area is 190 Å². The summed E-state index contributed by atoms with van der Waals surface area (Å²) in [5.41, 5.74) is 6.87. The predicted molar refractivity (Wildman–Crippen MR) is 120 cm³/mol. The Balaban J connectivity index is 1.29. The van der Waals surface area contributed by atoms with Gasteiger partial charge < -0.3 is 15.5 Å². The van der Waals surface area contributed by atoms with Crippen LogP contribution < -0.4 is 10.6 Å². The number of nitrogens with zero attached hydrogens (tertiary/aromatic N) is 5. The molecule has 0 radical (unpaired) electrons. The summed E-state index contributed by atoms with van der Waals surface area (Å²) in [4.78, 5) is 46.9. The van der Waals surface area contributed by atoms with Crippen molar-refractivity contribution in [3.05, 3.63) is 54.4 Å². The first kappa shape index (κ1) is 19.9. The van der Waals surface area contributed by atoms with Gasteiger partial charge in [-0.25, -0.2) is 9.67 Å². The number of hydrogen-bond acceptors (Lipinski definition) is 5. The van der Waals surface area contributed by atoms with Crippen LogP contribution in [0.25, 0.3) is 11.0 Å². The first-order chi connectivity index (χ1) is 16.0. The number of pyridine rings is 1. The Morgan fingerprint density at radius 3 is 2.58 bits per heavy atom. The molecule has 2 N–H and O–H groups in total. The maximum absolute atomic E-state index is 13.7. The second-order valence-electron chi connectivity index (χ2n) is 9.14. The fourth-order valence-corrected chi connectivity index (χ4v) is 5.15. The number of carbonyl (C=O) groups is 3. The van der Waals surface area contributed by atoms with E-state index in [-0.39, 0.29) is 36.1 Å². The zero-order valence-corrected chi connectivity index (χ0v) is 18.0. The lowest BCUT2D eigenvalue weighted by Crippen LogP contribution is -2.51. The molecule has 3 fully saturated rings. The summed E-state index contributed by atoms with van der Waals surface area (Å²) in [6.45, 7) is -0.0947. The quantitative estimate of drug-likeness (QED) is 0.622. The molecule has 3 amide bonds. The number of hydrogen-bond donors (Lipinski definition) is 1. The van der Waals surface area contributed by atoms with Crippen LogP contribution in [0.3, 0.4) is 0 Å². The van der Waals surface area contributed by atoms with Crippen LogP contribution in [0.15, 0.2) is 48.7 Å². The van der Waals surface area contributed by atoms with Gasteiger partial charge in [0.25, 0.3) is 5.91 Å². The number of para-hydroxylation sites is 1. The molecule has 0 bridgehead atoms. The van der Waals surface area contributed by atoms with Gasteiger partial charge in [-0.3, -0.25) is 14.4 Å². The van der Waals surface area contributed by atoms with Gasteiger partial charge in [-0.2, -0.15) is 5.10 Å². The van der Waals surface area contributed by atoms with Gasteiger partial charge in [0, 0.05) is 24.0 Å². The monoisotopic (exact) mass is 444 g/mol. The number of aromatic nitrogens is 3. The van der Waals surface area contributed by atoms with Crippen molar-refractivity contribution in [2.24, 2.45) is 11.7 Å². The summed E-state index contributed by atoms with van der Waals surface area (Å²) in [7, 11) is 0. The third-order valence-corrected chi connectivity index (χ3v) is 6.89. The van der Waals surface area contributed by atoms with E-state index in [1.807, 2.05) is 35.2 Å². The summed E-state index contributed by atoms with van der Waals surface area (Å²) in [6.07, 6.45) is 5.16. The molecular formula is C24H24N6O3. The normalized spacial score (nSPS) is 23.4. The molecule has 1 saturated heterocycles. The molecule has 9 nitrogen and oxygen atoms in total. The van der Waals surface area contributed by atoms with E-state index < -0.39 is 11.9 Å². The second-order valence-corrected chi connectivity index (χ2v) is 9.14. The number of likely N-dealkylation sites (tertiary alicyclic amines) is 1. The highest BCUT2D eigenvalue weighted by Gasteiger charge is 2.57. The van der Waals surface area contributed by atoms with Gasteiger partial charge in [0.15, 0.2) is 11.3 Å². The zero-order valence-electron chi connectivity index (χ0n) is 18.0. The molecule has 168 valence electrons. The first-order valence-corrected chi connectivity index (χ1v) is 11.3. The summed E-state index contributed by atoms with van der Waals surface area (Å²) in [6, 6.07) is 12.9. The third-order valence-electron chi connectivity index (χ3n) is 6.89. The minimum atomic E-state index is -0.668. The summed E-state index contributed by atoms with van der Waals surface area (Å²) in [5, 5.41) is 4.78. The van der Waals surface area contributed by atoms with Crippen LogP contribution in [-0.2, 0) is 16.1 Å². The summed E-state index contributed by atoms with van der Waals surface area (Å²) in [5.74, 6) is -0.495. The Morgan fingerprint density at radius 2 is 1.85 bits per heavy atom. The number of primary amides is 1. The lowest BCUT2D eigenvalue weighted by atomic mass is 10.1. The molecule has 6 rings (SSSR count). The van der Waals surface area contributed by atoms with E-state index in [2.05, 4.69) is 10.1 Å². The van der Waals surface area contributed by atoms with Gasteiger partial charge in [-0.15, -0.1) is 0 Å². The molecule has 2 aromatic heterocycles. The lowest BCUT2D eigenvalue weighted by molar-refractivity contribution is -0.139. The number of fused-ring (bicyclic) bond motifs is 2. The number of rotatable bonds is 6.